The summed E-state index contributed by atoms with van der Waals surface area (Å²) in [6.45, 7) is 9.05. The molecule has 5 nitrogen and oxygen atoms in total. The molecule has 31 heavy (non-hydrogen) atoms. The molecule has 1 N–H and O–H groups in total. The van der Waals surface area contributed by atoms with Crippen LogP contribution in [0.3, 0.4) is 0 Å². The van der Waals surface area contributed by atoms with E-state index in [9.17, 15) is 9.59 Å². The Hall–Kier alpha value is -4.12. The zero-order valence-corrected chi connectivity index (χ0v) is 17.5. The summed E-state index contributed by atoms with van der Waals surface area (Å²) in [6.07, 6.45) is 0. The van der Waals surface area contributed by atoms with Gasteiger partial charge in [0.25, 0.3) is 0 Å². The molecular weight excluding hydrogens is 390 g/mol. The number of ether oxygens (including phenoxy) is 2. The van der Waals surface area contributed by atoms with Gasteiger partial charge < -0.3 is 14.8 Å². The van der Waals surface area contributed by atoms with E-state index in [0.717, 1.165) is 22.4 Å². The summed E-state index contributed by atoms with van der Waals surface area (Å²) in [4.78, 5) is 24.0. The molecule has 0 saturated heterocycles. The molecule has 0 fully saturated rings. The van der Waals surface area contributed by atoms with Crippen molar-refractivity contribution in [2.45, 2.75) is 6.92 Å². The molecule has 0 aromatic heterocycles. The monoisotopic (exact) mass is 413 g/mol. The van der Waals surface area contributed by atoms with E-state index in [1.54, 1.807) is 50.4 Å². The molecule has 0 aliphatic carbocycles. The van der Waals surface area contributed by atoms with Crippen molar-refractivity contribution >= 4 is 17.6 Å². The van der Waals surface area contributed by atoms with Crippen molar-refractivity contribution in [2.75, 3.05) is 7.05 Å². The SMILES string of the molecule is C=C(C)C(=O)Oc1ccc(-c2ccc(C(=O)Oc3ccc(C(=C)NC)cc3)cc2)cc1. The summed E-state index contributed by atoms with van der Waals surface area (Å²) < 4.78 is 10.6. The standard InChI is InChI=1S/C26H23NO4/c1-17(2)25(28)30-23-15-11-21(12-16-23)20-5-7-22(8-6-20)26(29)31-24-13-9-19(10-14-24)18(3)27-4/h5-16,27H,1,3H2,2,4H3. The lowest BCUT2D eigenvalue weighted by molar-refractivity contribution is -0.130. The van der Waals surface area contributed by atoms with E-state index < -0.39 is 11.9 Å². The van der Waals surface area contributed by atoms with Gasteiger partial charge >= 0.3 is 11.9 Å². The quantitative estimate of drug-likeness (QED) is 0.326. The first-order chi connectivity index (χ1) is 14.9. The summed E-state index contributed by atoms with van der Waals surface area (Å²) >= 11 is 0. The minimum absolute atomic E-state index is 0.339. The summed E-state index contributed by atoms with van der Waals surface area (Å²) in [5.41, 5.74) is 4.34. The fourth-order valence-corrected chi connectivity index (χ4v) is 2.74. The van der Waals surface area contributed by atoms with Crippen LogP contribution >= 0.6 is 0 Å². The number of esters is 2. The van der Waals surface area contributed by atoms with Gasteiger partial charge in [-0.15, -0.1) is 0 Å². The molecule has 3 rings (SSSR count). The first-order valence-electron chi connectivity index (χ1n) is 9.65. The Bertz CT molecular complexity index is 1110. The van der Waals surface area contributed by atoms with Crippen LogP contribution < -0.4 is 14.8 Å². The lowest BCUT2D eigenvalue weighted by Crippen LogP contribution is -2.08. The zero-order valence-electron chi connectivity index (χ0n) is 17.5. The number of benzene rings is 3. The third-order valence-corrected chi connectivity index (χ3v) is 4.58. The topological polar surface area (TPSA) is 64.6 Å². The zero-order chi connectivity index (χ0) is 22.4. The lowest BCUT2D eigenvalue weighted by Gasteiger charge is -2.08. The summed E-state index contributed by atoms with van der Waals surface area (Å²) in [6, 6.07) is 21.3. The van der Waals surface area contributed by atoms with E-state index >= 15 is 0 Å². The van der Waals surface area contributed by atoms with Gasteiger partial charge in [0, 0.05) is 18.3 Å². The Balaban J connectivity index is 1.65. The van der Waals surface area contributed by atoms with Crippen LogP contribution in [-0.4, -0.2) is 19.0 Å². The molecule has 0 saturated carbocycles. The smallest absolute Gasteiger partial charge is 0.343 e. The second kappa shape index (κ2) is 9.59. The molecule has 0 radical (unpaired) electrons. The van der Waals surface area contributed by atoms with Gasteiger partial charge in [-0.2, -0.15) is 0 Å². The molecule has 0 unspecified atom stereocenters. The average Bonchev–Trinajstić information content (AvgIpc) is 2.79. The van der Waals surface area contributed by atoms with Crippen LogP contribution in [0, 0.1) is 0 Å². The van der Waals surface area contributed by atoms with Crippen molar-refractivity contribution in [2.24, 2.45) is 0 Å². The van der Waals surface area contributed by atoms with Crippen molar-refractivity contribution < 1.29 is 19.1 Å². The number of carbonyl (C=O) groups is 2. The average molecular weight is 413 g/mol. The van der Waals surface area contributed by atoms with Crippen LogP contribution in [0.4, 0.5) is 0 Å². The first kappa shape index (κ1) is 21.6. The van der Waals surface area contributed by atoms with Crippen molar-refractivity contribution in [3.63, 3.8) is 0 Å². The van der Waals surface area contributed by atoms with Crippen LogP contribution in [0.25, 0.3) is 16.8 Å². The van der Waals surface area contributed by atoms with E-state index in [1.165, 1.54) is 0 Å². The molecule has 0 aliphatic heterocycles. The Morgan fingerprint density at radius 1 is 0.710 bits per heavy atom. The van der Waals surface area contributed by atoms with Crippen LogP contribution in [0.2, 0.25) is 0 Å². The van der Waals surface area contributed by atoms with Gasteiger partial charge in [0.05, 0.1) is 5.56 Å². The highest BCUT2D eigenvalue weighted by molar-refractivity contribution is 5.92. The van der Waals surface area contributed by atoms with Crippen molar-refractivity contribution in [1.82, 2.24) is 5.32 Å². The Kier molecular flexibility index (Phi) is 6.67. The minimum Gasteiger partial charge on any atom is -0.423 e. The third-order valence-electron chi connectivity index (χ3n) is 4.58. The van der Waals surface area contributed by atoms with E-state index in [1.807, 2.05) is 36.4 Å². The minimum atomic E-state index is -0.461. The number of carbonyl (C=O) groups excluding carboxylic acids is 2. The van der Waals surface area contributed by atoms with E-state index in [0.29, 0.717) is 22.6 Å². The highest BCUT2D eigenvalue weighted by Crippen LogP contribution is 2.24. The molecule has 0 amide bonds. The molecule has 0 spiro atoms. The molecule has 3 aromatic carbocycles. The van der Waals surface area contributed by atoms with Gasteiger partial charge in [-0.25, -0.2) is 9.59 Å². The maximum Gasteiger partial charge on any atom is 0.343 e. The van der Waals surface area contributed by atoms with Gasteiger partial charge in [-0.1, -0.05) is 37.4 Å². The van der Waals surface area contributed by atoms with Gasteiger partial charge in [-0.05, 0) is 72.1 Å². The van der Waals surface area contributed by atoms with Crippen molar-refractivity contribution in [1.29, 1.82) is 0 Å². The summed E-state index contributed by atoms with van der Waals surface area (Å²) in [7, 11) is 1.80. The molecule has 0 heterocycles. The summed E-state index contributed by atoms with van der Waals surface area (Å²) in [5.74, 6) is 0.00824. The predicted molar refractivity (Wildman–Crippen MR) is 122 cm³/mol. The van der Waals surface area contributed by atoms with Gasteiger partial charge in [0.2, 0.25) is 0 Å². The fourth-order valence-electron chi connectivity index (χ4n) is 2.74. The second-order valence-corrected chi connectivity index (χ2v) is 6.91. The highest BCUT2D eigenvalue weighted by atomic mass is 16.5. The van der Waals surface area contributed by atoms with E-state index in [4.69, 9.17) is 9.47 Å². The fraction of sp³-hybridized carbons (Fsp3) is 0.0769. The van der Waals surface area contributed by atoms with Crippen LogP contribution in [0.1, 0.15) is 22.8 Å². The Morgan fingerprint density at radius 2 is 1.16 bits per heavy atom. The maximum atomic E-state index is 12.4. The third kappa shape index (κ3) is 5.48. The molecule has 156 valence electrons. The van der Waals surface area contributed by atoms with Crippen molar-refractivity contribution in [3.05, 3.63) is 103 Å². The number of nitrogens with one attached hydrogen (secondary N) is 1. The predicted octanol–water partition coefficient (Wildman–Crippen LogP) is 5.24. The van der Waals surface area contributed by atoms with Crippen LogP contribution in [-0.2, 0) is 4.79 Å². The molecule has 0 aliphatic rings. The largest absolute Gasteiger partial charge is 0.423 e. The lowest BCUT2D eigenvalue weighted by atomic mass is 10.0. The Morgan fingerprint density at radius 3 is 1.68 bits per heavy atom. The van der Waals surface area contributed by atoms with Gasteiger partial charge in [0.1, 0.15) is 11.5 Å². The first-order valence-corrected chi connectivity index (χ1v) is 9.65. The molecule has 0 bridgehead atoms. The van der Waals surface area contributed by atoms with Gasteiger partial charge in [0.15, 0.2) is 0 Å². The maximum absolute atomic E-state index is 12.4. The van der Waals surface area contributed by atoms with Crippen LogP contribution in [0.5, 0.6) is 11.5 Å². The summed E-state index contributed by atoms with van der Waals surface area (Å²) in [5, 5.41) is 2.97. The molecule has 5 heteroatoms. The Labute approximate surface area is 181 Å². The van der Waals surface area contributed by atoms with Gasteiger partial charge in [-0.3, -0.25) is 0 Å². The van der Waals surface area contributed by atoms with E-state index in [2.05, 4.69) is 18.5 Å². The number of rotatable bonds is 7. The number of hydrogen-bond acceptors (Lipinski definition) is 5. The molecule has 0 atom stereocenters. The molecular formula is C26H23NO4. The van der Waals surface area contributed by atoms with E-state index in [-0.39, 0.29) is 0 Å². The van der Waals surface area contributed by atoms with Crippen molar-refractivity contribution in [3.8, 4) is 22.6 Å². The highest BCUT2D eigenvalue weighted by Gasteiger charge is 2.10. The molecule has 3 aromatic rings. The normalized spacial score (nSPS) is 10.1. The second-order valence-electron chi connectivity index (χ2n) is 6.91. The van der Waals surface area contributed by atoms with Crippen LogP contribution in [0.15, 0.2) is 91.5 Å². The number of hydrogen-bond donors (Lipinski definition) is 1.